The second-order valence-corrected chi connectivity index (χ2v) is 12.3. The van der Waals surface area contributed by atoms with Crippen LogP contribution >= 0.6 is 0 Å². The predicted molar refractivity (Wildman–Crippen MR) is 196 cm³/mol. The molecule has 3 nitrogen and oxygen atoms in total. The van der Waals surface area contributed by atoms with Gasteiger partial charge in [0.15, 0.2) is 0 Å². The fourth-order valence-electron chi connectivity index (χ4n) is 7.33. The summed E-state index contributed by atoms with van der Waals surface area (Å²) in [5.41, 5.74) is 9.64. The van der Waals surface area contributed by atoms with E-state index in [9.17, 15) is 0 Å². The molecule has 3 aromatic heterocycles. The molecule has 10 rings (SSSR count). The van der Waals surface area contributed by atoms with Gasteiger partial charge in [-0.3, -0.25) is 9.38 Å². The highest BCUT2D eigenvalue weighted by atomic mass is 15.0. The summed E-state index contributed by atoms with van der Waals surface area (Å²) >= 11 is 0. The van der Waals surface area contributed by atoms with Crippen molar-refractivity contribution >= 4 is 48.7 Å². The van der Waals surface area contributed by atoms with Crippen LogP contribution < -0.4 is 0 Å². The van der Waals surface area contributed by atoms with Crippen LogP contribution in [0.2, 0.25) is 0 Å². The summed E-state index contributed by atoms with van der Waals surface area (Å²) in [6.07, 6.45) is 4.01. The van der Waals surface area contributed by atoms with Gasteiger partial charge in [-0.1, -0.05) is 133 Å². The molecule has 0 aliphatic heterocycles. The first-order valence-corrected chi connectivity index (χ1v) is 16.0. The van der Waals surface area contributed by atoms with E-state index in [4.69, 9.17) is 4.98 Å². The van der Waals surface area contributed by atoms with Crippen molar-refractivity contribution in [3.05, 3.63) is 164 Å². The van der Waals surface area contributed by atoms with Crippen molar-refractivity contribution < 1.29 is 0 Å². The quantitative estimate of drug-likeness (QED) is 0.189. The zero-order chi connectivity index (χ0) is 30.9. The minimum atomic E-state index is 0.863. The average Bonchev–Trinajstić information content (AvgIpc) is 3.51. The number of hydrogen-bond acceptors (Lipinski definition) is 2. The molecule has 0 saturated heterocycles. The maximum absolute atomic E-state index is 5.08. The second-order valence-electron chi connectivity index (χ2n) is 12.3. The van der Waals surface area contributed by atoms with E-state index in [1.807, 2.05) is 24.4 Å². The summed E-state index contributed by atoms with van der Waals surface area (Å²) in [7, 11) is 0. The maximum Gasteiger partial charge on any atom is 0.138 e. The van der Waals surface area contributed by atoms with Gasteiger partial charge >= 0.3 is 0 Å². The number of pyridine rings is 2. The van der Waals surface area contributed by atoms with Crippen molar-refractivity contribution in [2.24, 2.45) is 0 Å². The number of imidazole rings is 1. The summed E-state index contributed by atoms with van der Waals surface area (Å²) in [4.78, 5) is 9.74. The molecule has 0 spiro atoms. The van der Waals surface area contributed by atoms with Crippen molar-refractivity contribution in [2.75, 3.05) is 0 Å². The molecule has 3 heteroatoms. The highest BCUT2D eigenvalue weighted by Crippen LogP contribution is 2.40. The Morgan fingerprint density at radius 2 is 1.06 bits per heavy atom. The van der Waals surface area contributed by atoms with E-state index in [0.29, 0.717) is 0 Å². The third kappa shape index (κ3) is 4.07. The summed E-state index contributed by atoms with van der Waals surface area (Å²) in [5, 5.41) is 10.2. The topological polar surface area (TPSA) is 30.2 Å². The molecule has 10 aromatic rings. The van der Waals surface area contributed by atoms with Crippen molar-refractivity contribution in [3.63, 3.8) is 0 Å². The number of nitrogens with zero attached hydrogens (tertiary/aromatic N) is 3. The van der Waals surface area contributed by atoms with Gasteiger partial charge in [0.25, 0.3) is 0 Å². The minimum absolute atomic E-state index is 0.863. The van der Waals surface area contributed by atoms with Gasteiger partial charge in [0.2, 0.25) is 0 Å². The SMILES string of the molecule is c1ccc(-c2nc3cc4ccccc4cn3c2-c2ccc(-c3ccc(-c4ccc5ccc6cccc7ccc4c5c67)cc3)cc2)nc1. The van der Waals surface area contributed by atoms with Crippen LogP contribution in [0.25, 0.3) is 93.6 Å². The highest BCUT2D eigenvalue weighted by Gasteiger charge is 2.18. The van der Waals surface area contributed by atoms with Crippen LogP contribution in [0.1, 0.15) is 0 Å². The summed E-state index contributed by atoms with van der Waals surface area (Å²) < 4.78 is 2.20. The van der Waals surface area contributed by atoms with Gasteiger partial charge in [0, 0.05) is 18.0 Å². The van der Waals surface area contributed by atoms with Gasteiger partial charge in [0.05, 0.1) is 11.4 Å². The fraction of sp³-hybridized carbons (Fsp3) is 0. The van der Waals surface area contributed by atoms with Crippen molar-refractivity contribution in [2.45, 2.75) is 0 Å². The molecule has 0 unspecified atom stereocenters. The average molecular weight is 598 g/mol. The van der Waals surface area contributed by atoms with E-state index >= 15 is 0 Å². The molecule has 7 aromatic carbocycles. The Morgan fingerprint density at radius 1 is 0.447 bits per heavy atom. The summed E-state index contributed by atoms with van der Waals surface area (Å²) in [5.74, 6) is 0. The third-order valence-corrected chi connectivity index (χ3v) is 9.61. The van der Waals surface area contributed by atoms with Crippen LogP contribution in [0.3, 0.4) is 0 Å². The van der Waals surface area contributed by atoms with Crippen LogP contribution in [0.4, 0.5) is 0 Å². The Labute approximate surface area is 271 Å². The van der Waals surface area contributed by atoms with Crippen molar-refractivity contribution in [3.8, 4) is 44.9 Å². The standard InChI is InChI=1S/C44H27N3/c1-2-7-36-27-47-40(26-35(36)6-1)46-43(39-10-3-4-25-45-39)44(47)34-19-13-29(14-20-34)28-11-15-30(16-12-28)37-23-21-33-18-17-31-8-5-9-32-22-24-38(37)42(33)41(31)32/h1-27H. The summed E-state index contributed by atoms with van der Waals surface area (Å²) in [6.45, 7) is 0. The molecular weight excluding hydrogens is 571 g/mol. The fourth-order valence-corrected chi connectivity index (χ4v) is 7.33. The Balaban J connectivity index is 1.04. The number of fused-ring (bicyclic) bond motifs is 2. The Bertz CT molecular complexity index is 2740. The zero-order valence-electron chi connectivity index (χ0n) is 25.4. The van der Waals surface area contributed by atoms with Gasteiger partial charge in [-0.05, 0) is 83.5 Å². The number of benzene rings is 7. The van der Waals surface area contributed by atoms with E-state index in [0.717, 1.165) is 28.3 Å². The number of rotatable bonds is 4. The van der Waals surface area contributed by atoms with Crippen LogP contribution in [0.15, 0.2) is 164 Å². The normalized spacial score (nSPS) is 11.8. The molecule has 0 bridgehead atoms. The van der Waals surface area contributed by atoms with Crippen LogP contribution in [0, 0.1) is 0 Å². The monoisotopic (exact) mass is 597 g/mol. The first-order valence-electron chi connectivity index (χ1n) is 16.0. The van der Waals surface area contributed by atoms with Gasteiger partial charge in [-0.15, -0.1) is 0 Å². The van der Waals surface area contributed by atoms with E-state index in [2.05, 4.69) is 149 Å². The van der Waals surface area contributed by atoms with Gasteiger partial charge < -0.3 is 0 Å². The molecule has 218 valence electrons. The molecule has 0 atom stereocenters. The molecule has 3 heterocycles. The lowest BCUT2D eigenvalue weighted by atomic mass is 9.89. The lowest BCUT2D eigenvalue weighted by molar-refractivity contribution is 1.21. The van der Waals surface area contributed by atoms with E-state index in [1.54, 1.807) is 0 Å². The van der Waals surface area contributed by atoms with Crippen molar-refractivity contribution in [1.29, 1.82) is 0 Å². The second kappa shape index (κ2) is 10.1. The molecule has 47 heavy (non-hydrogen) atoms. The first-order chi connectivity index (χ1) is 23.3. The minimum Gasteiger partial charge on any atom is -0.298 e. The molecule has 0 amide bonds. The number of aromatic nitrogens is 3. The third-order valence-electron chi connectivity index (χ3n) is 9.61. The Kier molecular flexibility index (Phi) is 5.57. The van der Waals surface area contributed by atoms with Crippen LogP contribution in [0.5, 0.6) is 0 Å². The maximum atomic E-state index is 5.08. The first kappa shape index (κ1) is 26.0. The predicted octanol–water partition coefficient (Wildman–Crippen LogP) is 11.4. The van der Waals surface area contributed by atoms with E-state index in [-0.39, 0.29) is 0 Å². The largest absolute Gasteiger partial charge is 0.298 e. The van der Waals surface area contributed by atoms with Crippen molar-refractivity contribution in [1.82, 2.24) is 14.4 Å². The summed E-state index contributed by atoms with van der Waals surface area (Å²) in [6, 6.07) is 54.5. The van der Waals surface area contributed by atoms with E-state index < -0.39 is 0 Å². The molecular formula is C44H27N3. The molecule has 0 N–H and O–H groups in total. The molecule has 0 saturated carbocycles. The lowest BCUT2D eigenvalue weighted by Gasteiger charge is -2.14. The van der Waals surface area contributed by atoms with Crippen LogP contribution in [-0.4, -0.2) is 14.4 Å². The number of hydrogen-bond donors (Lipinski definition) is 0. The molecule has 0 fully saturated rings. The highest BCUT2D eigenvalue weighted by molar-refractivity contribution is 6.25. The molecule has 0 aliphatic carbocycles. The van der Waals surface area contributed by atoms with E-state index in [1.165, 1.54) is 65.3 Å². The van der Waals surface area contributed by atoms with Gasteiger partial charge in [-0.25, -0.2) is 4.98 Å². The Morgan fingerprint density at radius 3 is 1.81 bits per heavy atom. The Hall–Kier alpha value is -6.32. The van der Waals surface area contributed by atoms with Gasteiger partial charge in [0.1, 0.15) is 11.3 Å². The zero-order valence-corrected chi connectivity index (χ0v) is 25.4. The molecule has 0 radical (unpaired) electrons. The van der Waals surface area contributed by atoms with Crippen LogP contribution in [-0.2, 0) is 0 Å². The molecule has 0 aliphatic rings. The lowest BCUT2D eigenvalue weighted by Crippen LogP contribution is -1.91. The van der Waals surface area contributed by atoms with Gasteiger partial charge in [-0.2, -0.15) is 0 Å². The smallest absolute Gasteiger partial charge is 0.138 e.